The van der Waals surface area contributed by atoms with E-state index in [1.54, 1.807) is 0 Å². The highest BCUT2D eigenvalue weighted by Gasteiger charge is 2.24. The molecule has 19 heavy (non-hydrogen) atoms. The summed E-state index contributed by atoms with van der Waals surface area (Å²) in [6, 6.07) is -1.31. The molecular formula is C11H20N6O2. The van der Waals surface area contributed by atoms with Crippen LogP contribution in [0.5, 0.6) is 0 Å². The van der Waals surface area contributed by atoms with E-state index in [0.717, 1.165) is 6.42 Å². The normalized spacial score (nSPS) is 13.6. The van der Waals surface area contributed by atoms with Crippen molar-refractivity contribution in [3.8, 4) is 0 Å². The van der Waals surface area contributed by atoms with Crippen LogP contribution in [-0.2, 0) is 11.2 Å². The van der Waals surface area contributed by atoms with Crippen LogP contribution in [0, 0.1) is 5.92 Å². The van der Waals surface area contributed by atoms with Crippen molar-refractivity contribution in [2.45, 2.75) is 32.7 Å². The fraction of sp³-hybridized carbons (Fsp3) is 0.636. The SMILES string of the molecule is CCC(C)C(NC(N)=O)C(=O)NCCc1ncn[nH]1. The van der Waals surface area contributed by atoms with Crippen molar-refractivity contribution >= 4 is 11.9 Å². The fourth-order valence-electron chi connectivity index (χ4n) is 1.62. The summed E-state index contributed by atoms with van der Waals surface area (Å²) in [4.78, 5) is 26.8. The molecule has 0 fully saturated rings. The third-order valence-corrected chi connectivity index (χ3v) is 2.92. The summed E-state index contributed by atoms with van der Waals surface area (Å²) in [5.41, 5.74) is 5.08. The third-order valence-electron chi connectivity index (χ3n) is 2.92. The maximum absolute atomic E-state index is 12.0. The molecule has 5 N–H and O–H groups in total. The molecule has 0 spiro atoms. The molecule has 0 saturated heterocycles. The summed E-state index contributed by atoms with van der Waals surface area (Å²) < 4.78 is 0. The van der Waals surface area contributed by atoms with Gasteiger partial charge in [-0.25, -0.2) is 9.78 Å². The highest BCUT2D eigenvalue weighted by molar-refractivity contribution is 5.86. The van der Waals surface area contributed by atoms with Crippen molar-refractivity contribution in [3.63, 3.8) is 0 Å². The first-order valence-corrected chi connectivity index (χ1v) is 6.22. The molecule has 0 saturated carbocycles. The molecule has 0 aliphatic carbocycles. The van der Waals surface area contributed by atoms with Gasteiger partial charge >= 0.3 is 6.03 Å². The molecular weight excluding hydrogens is 248 g/mol. The molecule has 1 heterocycles. The number of carbonyl (C=O) groups is 2. The van der Waals surface area contributed by atoms with Crippen LogP contribution in [0.25, 0.3) is 0 Å². The molecule has 1 aromatic heterocycles. The first-order chi connectivity index (χ1) is 9.04. The highest BCUT2D eigenvalue weighted by Crippen LogP contribution is 2.07. The lowest BCUT2D eigenvalue weighted by Crippen LogP contribution is -2.52. The zero-order valence-corrected chi connectivity index (χ0v) is 11.1. The Morgan fingerprint density at radius 3 is 2.79 bits per heavy atom. The number of nitrogens with zero attached hydrogens (tertiary/aromatic N) is 2. The van der Waals surface area contributed by atoms with E-state index in [2.05, 4.69) is 25.8 Å². The molecule has 0 bridgehead atoms. The largest absolute Gasteiger partial charge is 0.354 e. The number of nitrogens with two attached hydrogens (primary N) is 1. The third kappa shape index (κ3) is 4.94. The summed E-state index contributed by atoms with van der Waals surface area (Å²) >= 11 is 0. The van der Waals surface area contributed by atoms with Crippen molar-refractivity contribution in [1.82, 2.24) is 25.8 Å². The molecule has 0 aliphatic heterocycles. The average molecular weight is 268 g/mol. The Hall–Kier alpha value is -2.12. The Kier molecular flexibility index (Phi) is 5.77. The molecule has 106 valence electrons. The van der Waals surface area contributed by atoms with Gasteiger partial charge in [0.05, 0.1) is 0 Å². The van der Waals surface area contributed by atoms with Crippen LogP contribution in [0.2, 0.25) is 0 Å². The van der Waals surface area contributed by atoms with Gasteiger partial charge in [-0.15, -0.1) is 0 Å². The number of rotatable bonds is 7. The zero-order chi connectivity index (χ0) is 14.3. The van der Waals surface area contributed by atoms with Gasteiger partial charge < -0.3 is 16.4 Å². The molecule has 0 aromatic carbocycles. The van der Waals surface area contributed by atoms with Crippen LogP contribution in [-0.4, -0.2) is 39.7 Å². The lowest BCUT2D eigenvalue weighted by Gasteiger charge is -2.22. The van der Waals surface area contributed by atoms with Crippen LogP contribution < -0.4 is 16.4 Å². The summed E-state index contributed by atoms with van der Waals surface area (Å²) in [7, 11) is 0. The highest BCUT2D eigenvalue weighted by atomic mass is 16.2. The van der Waals surface area contributed by atoms with E-state index in [1.165, 1.54) is 6.33 Å². The van der Waals surface area contributed by atoms with Gasteiger partial charge in [-0.1, -0.05) is 20.3 Å². The van der Waals surface area contributed by atoms with Gasteiger partial charge in [0.25, 0.3) is 0 Å². The molecule has 3 amide bonds. The van der Waals surface area contributed by atoms with Crippen LogP contribution >= 0.6 is 0 Å². The van der Waals surface area contributed by atoms with Crippen molar-refractivity contribution in [1.29, 1.82) is 0 Å². The molecule has 0 aliphatic rings. The van der Waals surface area contributed by atoms with Gasteiger partial charge in [0.2, 0.25) is 5.91 Å². The molecule has 1 aromatic rings. The Morgan fingerprint density at radius 1 is 1.53 bits per heavy atom. The minimum absolute atomic E-state index is 0.0118. The van der Waals surface area contributed by atoms with Gasteiger partial charge in [-0.3, -0.25) is 9.89 Å². The number of hydrogen-bond acceptors (Lipinski definition) is 4. The van der Waals surface area contributed by atoms with Gasteiger partial charge in [0, 0.05) is 13.0 Å². The van der Waals surface area contributed by atoms with Crippen LogP contribution in [0.1, 0.15) is 26.1 Å². The van der Waals surface area contributed by atoms with Crippen LogP contribution in [0.4, 0.5) is 4.79 Å². The average Bonchev–Trinajstić information content (AvgIpc) is 2.87. The molecule has 1 rings (SSSR count). The Bertz CT molecular complexity index is 405. The molecule has 8 heteroatoms. The molecule has 2 unspecified atom stereocenters. The number of aromatic amines is 1. The van der Waals surface area contributed by atoms with E-state index < -0.39 is 12.1 Å². The van der Waals surface area contributed by atoms with Crippen molar-refractivity contribution < 1.29 is 9.59 Å². The lowest BCUT2D eigenvalue weighted by molar-refractivity contribution is -0.124. The van der Waals surface area contributed by atoms with Crippen molar-refractivity contribution in [2.24, 2.45) is 11.7 Å². The number of amides is 3. The number of primary amides is 1. The van der Waals surface area contributed by atoms with Gasteiger partial charge in [0.1, 0.15) is 18.2 Å². The quantitative estimate of drug-likeness (QED) is 0.534. The number of hydrogen-bond donors (Lipinski definition) is 4. The summed E-state index contributed by atoms with van der Waals surface area (Å²) in [6.45, 7) is 4.25. The number of carbonyl (C=O) groups excluding carboxylic acids is 2. The topological polar surface area (TPSA) is 126 Å². The van der Waals surface area contributed by atoms with Crippen molar-refractivity contribution in [2.75, 3.05) is 6.54 Å². The van der Waals surface area contributed by atoms with Gasteiger partial charge in [-0.2, -0.15) is 5.10 Å². The van der Waals surface area contributed by atoms with Crippen LogP contribution in [0.15, 0.2) is 6.33 Å². The zero-order valence-electron chi connectivity index (χ0n) is 11.1. The summed E-state index contributed by atoms with van der Waals surface area (Å²) in [6.07, 6.45) is 2.73. The monoisotopic (exact) mass is 268 g/mol. The second kappa shape index (κ2) is 7.34. The van der Waals surface area contributed by atoms with Crippen molar-refractivity contribution in [3.05, 3.63) is 12.2 Å². The lowest BCUT2D eigenvalue weighted by atomic mass is 9.98. The molecule has 0 radical (unpaired) electrons. The smallest absolute Gasteiger partial charge is 0.312 e. The predicted molar refractivity (Wildman–Crippen MR) is 69.1 cm³/mol. The van der Waals surface area contributed by atoms with E-state index in [4.69, 9.17) is 5.73 Å². The first kappa shape index (κ1) is 14.9. The number of nitrogens with one attached hydrogen (secondary N) is 3. The van der Waals surface area contributed by atoms with E-state index in [1.807, 2.05) is 13.8 Å². The van der Waals surface area contributed by atoms with Crippen LogP contribution in [0.3, 0.4) is 0 Å². The number of aromatic nitrogens is 3. The molecule has 8 nitrogen and oxygen atoms in total. The molecule has 2 atom stereocenters. The minimum Gasteiger partial charge on any atom is -0.354 e. The van der Waals surface area contributed by atoms with Gasteiger partial charge in [0.15, 0.2) is 0 Å². The van der Waals surface area contributed by atoms with E-state index in [9.17, 15) is 9.59 Å². The van der Waals surface area contributed by atoms with Gasteiger partial charge in [-0.05, 0) is 5.92 Å². The van der Waals surface area contributed by atoms with E-state index in [-0.39, 0.29) is 11.8 Å². The first-order valence-electron chi connectivity index (χ1n) is 6.22. The second-order valence-electron chi connectivity index (χ2n) is 4.34. The predicted octanol–water partition coefficient (Wildman–Crippen LogP) is -0.454. The summed E-state index contributed by atoms with van der Waals surface area (Å²) in [5, 5.41) is 11.6. The van der Waals surface area contributed by atoms with E-state index >= 15 is 0 Å². The number of H-pyrrole nitrogens is 1. The standard InChI is InChI=1S/C11H20N6O2/c1-3-7(2)9(16-11(12)19)10(18)13-5-4-8-14-6-15-17-8/h6-7,9H,3-5H2,1-2H3,(H,13,18)(H3,12,16,19)(H,14,15,17). The summed E-state index contributed by atoms with van der Waals surface area (Å²) in [5.74, 6) is 0.466. The van der Waals surface area contributed by atoms with E-state index in [0.29, 0.717) is 18.8 Å². The number of urea groups is 1. The Labute approximate surface area is 111 Å². The Balaban J connectivity index is 2.44. The minimum atomic E-state index is -0.698. The Morgan fingerprint density at radius 2 is 2.26 bits per heavy atom. The fourth-order valence-corrected chi connectivity index (χ4v) is 1.62. The maximum Gasteiger partial charge on any atom is 0.312 e. The maximum atomic E-state index is 12.0. The second-order valence-corrected chi connectivity index (χ2v) is 4.34.